The summed E-state index contributed by atoms with van der Waals surface area (Å²) < 4.78 is 1.68. The average molecular weight is 350 g/mol. The van der Waals surface area contributed by atoms with E-state index >= 15 is 0 Å². The highest BCUT2D eigenvalue weighted by atomic mass is 16.2. The van der Waals surface area contributed by atoms with E-state index in [4.69, 9.17) is 11.0 Å². The Balaban J connectivity index is 1.64. The van der Waals surface area contributed by atoms with E-state index in [1.807, 2.05) is 6.07 Å². The number of anilines is 2. The summed E-state index contributed by atoms with van der Waals surface area (Å²) in [5.41, 5.74) is 8.04. The fraction of sp³-hybridized carbons (Fsp3) is 0.333. The molecule has 1 aliphatic heterocycles. The Morgan fingerprint density at radius 1 is 1.50 bits per heavy atom. The third-order valence-electron chi connectivity index (χ3n) is 4.86. The second-order valence-electron chi connectivity index (χ2n) is 6.68. The number of nitrogens with two attached hydrogens (primary N) is 1. The van der Waals surface area contributed by atoms with Crippen molar-refractivity contribution in [3.05, 3.63) is 41.1 Å². The van der Waals surface area contributed by atoms with E-state index in [0.717, 1.165) is 24.1 Å². The number of aromatic nitrogens is 2. The maximum absolute atomic E-state index is 11.8. The molecule has 132 valence electrons. The lowest BCUT2D eigenvalue weighted by Gasteiger charge is -2.12. The standard InChI is InChI=1S/C18H18N6O2/c19-6-5-15(10-1-2-10)24-9-14(16(20)25)17(23-24)22-12-3-4-13-11(7-12)8-21-18(13)26/h3-4,7,9-10,15H,1-2,5,8H2,(H2,20,25)(H,21,26)(H,22,23). The Hall–Kier alpha value is -3.34. The van der Waals surface area contributed by atoms with Crippen LogP contribution in [0.5, 0.6) is 0 Å². The summed E-state index contributed by atoms with van der Waals surface area (Å²) in [6, 6.07) is 7.50. The van der Waals surface area contributed by atoms with Gasteiger partial charge in [0.2, 0.25) is 0 Å². The summed E-state index contributed by atoms with van der Waals surface area (Å²) in [6.45, 7) is 0.479. The van der Waals surface area contributed by atoms with Crippen molar-refractivity contribution in [2.24, 2.45) is 11.7 Å². The van der Waals surface area contributed by atoms with Crippen LogP contribution in [-0.2, 0) is 6.54 Å². The molecular formula is C18H18N6O2. The maximum Gasteiger partial charge on any atom is 0.254 e. The smallest absolute Gasteiger partial charge is 0.254 e. The number of benzene rings is 1. The molecular weight excluding hydrogens is 332 g/mol. The summed E-state index contributed by atoms with van der Waals surface area (Å²) in [5.74, 6) is 0.110. The molecule has 1 atom stereocenters. The van der Waals surface area contributed by atoms with E-state index in [9.17, 15) is 9.59 Å². The van der Waals surface area contributed by atoms with Crippen LogP contribution in [0.2, 0.25) is 0 Å². The normalized spacial score (nSPS) is 16.5. The minimum absolute atomic E-state index is 0.0458. The number of fused-ring (bicyclic) bond motifs is 1. The number of amides is 2. The van der Waals surface area contributed by atoms with Gasteiger partial charge in [0, 0.05) is 24.0 Å². The summed E-state index contributed by atoms with van der Waals surface area (Å²) in [6.07, 6.45) is 4.08. The predicted octanol–water partition coefficient (Wildman–Crippen LogP) is 1.83. The predicted molar refractivity (Wildman–Crippen MR) is 93.6 cm³/mol. The zero-order valence-electron chi connectivity index (χ0n) is 14.0. The van der Waals surface area contributed by atoms with Crippen molar-refractivity contribution >= 4 is 23.3 Å². The van der Waals surface area contributed by atoms with Crippen LogP contribution in [0.3, 0.4) is 0 Å². The number of primary amides is 1. The van der Waals surface area contributed by atoms with E-state index in [-0.39, 0.29) is 17.5 Å². The lowest BCUT2D eigenvalue weighted by atomic mass is 10.1. The minimum atomic E-state index is -0.580. The third kappa shape index (κ3) is 2.88. The van der Waals surface area contributed by atoms with E-state index in [1.54, 1.807) is 23.0 Å². The molecule has 1 unspecified atom stereocenters. The molecule has 2 amide bonds. The number of carbonyl (C=O) groups excluding carboxylic acids is 2. The molecule has 0 spiro atoms. The van der Waals surface area contributed by atoms with Gasteiger partial charge in [-0.15, -0.1) is 0 Å². The van der Waals surface area contributed by atoms with Crippen LogP contribution in [0.1, 0.15) is 51.6 Å². The highest BCUT2D eigenvalue weighted by Gasteiger charge is 2.34. The lowest BCUT2D eigenvalue weighted by molar-refractivity contribution is 0.0964. The molecule has 1 fully saturated rings. The molecule has 4 N–H and O–H groups in total. The maximum atomic E-state index is 11.8. The highest BCUT2D eigenvalue weighted by Crippen LogP contribution is 2.41. The van der Waals surface area contributed by atoms with Crippen LogP contribution < -0.4 is 16.4 Å². The molecule has 1 saturated carbocycles. The van der Waals surface area contributed by atoms with Crippen molar-refractivity contribution in [2.45, 2.75) is 31.8 Å². The van der Waals surface area contributed by atoms with Gasteiger partial charge in [-0.1, -0.05) is 0 Å². The lowest BCUT2D eigenvalue weighted by Crippen LogP contribution is -2.12. The van der Waals surface area contributed by atoms with Crippen molar-refractivity contribution in [3.63, 3.8) is 0 Å². The molecule has 1 aliphatic carbocycles. The minimum Gasteiger partial charge on any atom is -0.365 e. The molecule has 2 aromatic rings. The van der Waals surface area contributed by atoms with E-state index < -0.39 is 5.91 Å². The topological polar surface area (TPSA) is 126 Å². The first-order valence-electron chi connectivity index (χ1n) is 8.51. The quantitative estimate of drug-likeness (QED) is 0.733. The first-order chi connectivity index (χ1) is 12.6. The summed E-state index contributed by atoms with van der Waals surface area (Å²) in [5, 5.41) is 19.4. The van der Waals surface area contributed by atoms with Crippen LogP contribution in [-0.4, -0.2) is 21.6 Å². The van der Waals surface area contributed by atoms with Crippen LogP contribution >= 0.6 is 0 Å². The van der Waals surface area contributed by atoms with Gasteiger partial charge in [0.25, 0.3) is 11.8 Å². The molecule has 2 heterocycles. The summed E-state index contributed by atoms with van der Waals surface area (Å²) >= 11 is 0. The Labute approximate surface area is 150 Å². The molecule has 1 aromatic carbocycles. The molecule has 1 aromatic heterocycles. The molecule has 2 aliphatic rings. The first kappa shape index (κ1) is 16.1. The van der Waals surface area contributed by atoms with Crippen molar-refractivity contribution in [1.82, 2.24) is 15.1 Å². The molecule has 8 nitrogen and oxygen atoms in total. The number of nitrogens with one attached hydrogen (secondary N) is 2. The molecule has 0 saturated heterocycles. The second kappa shape index (κ2) is 6.19. The van der Waals surface area contributed by atoms with Crippen molar-refractivity contribution < 1.29 is 9.59 Å². The number of nitrogens with zero attached hydrogens (tertiary/aromatic N) is 3. The monoisotopic (exact) mass is 350 g/mol. The zero-order chi connectivity index (χ0) is 18.3. The first-order valence-corrected chi connectivity index (χ1v) is 8.51. The van der Waals surface area contributed by atoms with Crippen LogP contribution in [0.15, 0.2) is 24.4 Å². The van der Waals surface area contributed by atoms with E-state index in [0.29, 0.717) is 30.3 Å². The van der Waals surface area contributed by atoms with Gasteiger partial charge in [-0.2, -0.15) is 10.4 Å². The molecule has 4 rings (SSSR count). The average Bonchev–Trinajstić information content (AvgIpc) is 3.27. The van der Waals surface area contributed by atoms with Crippen LogP contribution in [0.4, 0.5) is 11.5 Å². The Kier molecular flexibility index (Phi) is 3.84. The third-order valence-corrected chi connectivity index (χ3v) is 4.86. The van der Waals surface area contributed by atoms with Gasteiger partial charge in [0.15, 0.2) is 5.82 Å². The van der Waals surface area contributed by atoms with Crippen molar-refractivity contribution in [2.75, 3.05) is 5.32 Å². The molecule has 0 radical (unpaired) electrons. The zero-order valence-corrected chi connectivity index (χ0v) is 14.0. The fourth-order valence-electron chi connectivity index (χ4n) is 3.33. The van der Waals surface area contributed by atoms with Gasteiger partial charge >= 0.3 is 0 Å². The number of hydrogen-bond donors (Lipinski definition) is 3. The Bertz CT molecular complexity index is 938. The number of nitriles is 1. The fourth-order valence-corrected chi connectivity index (χ4v) is 3.33. The number of carbonyl (C=O) groups is 2. The van der Waals surface area contributed by atoms with Crippen molar-refractivity contribution in [1.29, 1.82) is 5.26 Å². The van der Waals surface area contributed by atoms with Gasteiger partial charge in [-0.3, -0.25) is 14.3 Å². The van der Waals surface area contributed by atoms with E-state index in [2.05, 4.69) is 21.8 Å². The summed E-state index contributed by atoms with van der Waals surface area (Å²) in [4.78, 5) is 23.5. The van der Waals surface area contributed by atoms with Gasteiger partial charge < -0.3 is 16.4 Å². The van der Waals surface area contributed by atoms with Crippen LogP contribution in [0.25, 0.3) is 0 Å². The largest absolute Gasteiger partial charge is 0.365 e. The van der Waals surface area contributed by atoms with Crippen LogP contribution in [0, 0.1) is 17.2 Å². The van der Waals surface area contributed by atoms with Gasteiger partial charge in [-0.25, -0.2) is 0 Å². The molecule has 8 heteroatoms. The van der Waals surface area contributed by atoms with Gasteiger partial charge in [0.1, 0.15) is 5.56 Å². The van der Waals surface area contributed by atoms with Crippen molar-refractivity contribution in [3.8, 4) is 6.07 Å². The molecule has 0 bridgehead atoms. The summed E-state index contributed by atoms with van der Waals surface area (Å²) in [7, 11) is 0. The highest BCUT2D eigenvalue weighted by molar-refractivity contribution is 5.99. The van der Waals surface area contributed by atoms with E-state index in [1.165, 1.54) is 0 Å². The second-order valence-corrected chi connectivity index (χ2v) is 6.68. The van der Waals surface area contributed by atoms with Gasteiger partial charge in [-0.05, 0) is 42.5 Å². The number of rotatable bonds is 6. The SMILES string of the molecule is N#CCC(C1CC1)n1cc(C(N)=O)c(Nc2ccc3c(c2)CNC3=O)n1. The Morgan fingerprint density at radius 2 is 2.31 bits per heavy atom. The molecule has 26 heavy (non-hydrogen) atoms. The van der Waals surface area contributed by atoms with Gasteiger partial charge in [0.05, 0.1) is 18.5 Å². The Morgan fingerprint density at radius 3 is 3.00 bits per heavy atom. The number of hydrogen-bond acceptors (Lipinski definition) is 5.